The van der Waals surface area contributed by atoms with E-state index in [4.69, 9.17) is 9.47 Å². The number of rotatable bonds is 8. The Labute approximate surface area is 197 Å². The van der Waals surface area contributed by atoms with E-state index in [2.05, 4.69) is 11.4 Å². The number of amides is 1. The number of nitro groups is 1. The summed E-state index contributed by atoms with van der Waals surface area (Å²) in [5.74, 6) is 0.473. The van der Waals surface area contributed by atoms with E-state index in [1.54, 1.807) is 24.3 Å². The van der Waals surface area contributed by atoms with Crippen LogP contribution < -0.4 is 14.8 Å². The molecule has 0 saturated heterocycles. The maximum atomic E-state index is 12.3. The monoisotopic (exact) mass is 457 g/mol. The molecule has 8 heteroatoms. The molecule has 0 bridgehead atoms. The van der Waals surface area contributed by atoms with Gasteiger partial charge in [-0.3, -0.25) is 14.9 Å². The Morgan fingerprint density at radius 1 is 1.09 bits per heavy atom. The fourth-order valence-corrected chi connectivity index (χ4v) is 3.29. The van der Waals surface area contributed by atoms with E-state index in [0.717, 1.165) is 16.8 Å². The van der Waals surface area contributed by atoms with E-state index in [9.17, 15) is 20.2 Å². The largest absolute Gasteiger partial charge is 0.493 e. The molecule has 34 heavy (non-hydrogen) atoms. The highest BCUT2D eigenvalue weighted by Gasteiger charge is 2.11. The van der Waals surface area contributed by atoms with Crippen LogP contribution >= 0.6 is 0 Å². The number of benzene rings is 3. The number of aryl methyl sites for hydroxylation is 2. The zero-order valence-corrected chi connectivity index (χ0v) is 19.0. The summed E-state index contributed by atoms with van der Waals surface area (Å²) in [5.41, 5.74) is 4.29. The van der Waals surface area contributed by atoms with Gasteiger partial charge in [-0.25, -0.2) is 0 Å². The first kappa shape index (κ1) is 24.0. The van der Waals surface area contributed by atoms with E-state index in [0.29, 0.717) is 28.2 Å². The number of nitriles is 1. The normalized spacial score (nSPS) is 10.8. The van der Waals surface area contributed by atoms with Gasteiger partial charge in [0.25, 0.3) is 11.6 Å². The highest BCUT2D eigenvalue weighted by molar-refractivity contribution is 5.93. The van der Waals surface area contributed by atoms with Gasteiger partial charge in [-0.2, -0.15) is 5.26 Å². The molecule has 3 aromatic rings. The molecule has 0 aliphatic carbocycles. The molecule has 1 amide bonds. The fraction of sp³-hybridized carbons (Fsp3) is 0.154. The van der Waals surface area contributed by atoms with E-state index >= 15 is 0 Å². The topological polar surface area (TPSA) is 114 Å². The molecule has 0 aromatic heterocycles. The average Bonchev–Trinajstić information content (AvgIpc) is 2.83. The van der Waals surface area contributed by atoms with Crippen LogP contribution in [-0.2, 0) is 4.79 Å². The van der Waals surface area contributed by atoms with Gasteiger partial charge < -0.3 is 14.8 Å². The van der Waals surface area contributed by atoms with Crippen molar-refractivity contribution >= 4 is 28.9 Å². The van der Waals surface area contributed by atoms with E-state index < -0.39 is 4.92 Å². The lowest BCUT2D eigenvalue weighted by Gasteiger charge is -2.13. The Morgan fingerprint density at radius 3 is 2.44 bits per heavy atom. The van der Waals surface area contributed by atoms with Crippen molar-refractivity contribution in [3.05, 3.63) is 93.0 Å². The van der Waals surface area contributed by atoms with Crippen LogP contribution in [0, 0.1) is 35.3 Å². The summed E-state index contributed by atoms with van der Waals surface area (Å²) in [6.45, 7) is 3.70. The van der Waals surface area contributed by atoms with Crippen molar-refractivity contribution in [3.8, 4) is 17.6 Å². The summed E-state index contributed by atoms with van der Waals surface area (Å²) in [6.07, 6.45) is 1.64. The average molecular weight is 457 g/mol. The van der Waals surface area contributed by atoms with Crippen molar-refractivity contribution in [2.45, 2.75) is 13.8 Å². The van der Waals surface area contributed by atoms with Gasteiger partial charge in [-0.15, -0.1) is 0 Å². The molecule has 172 valence electrons. The van der Waals surface area contributed by atoms with Crippen molar-refractivity contribution in [2.75, 3.05) is 19.0 Å². The quantitative estimate of drug-likeness (QED) is 0.212. The SMILES string of the molecule is COc1cc(/C=C(\C#N)c2ccc([N+](=O)[O-])cc2)ccc1OCC(=O)Nc1ccc(C)cc1C. The molecule has 0 aliphatic rings. The molecule has 0 atom stereocenters. The third kappa shape index (κ3) is 5.99. The lowest BCUT2D eigenvalue weighted by molar-refractivity contribution is -0.384. The first-order valence-corrected chi connectivity index (χ1v) is 10.3. The Kier molecular flexibility index (Phi) is 7.62. The summed E-state index contributed by atoms with van der Waals surface area (Å²) in [5, 5.41) is 23.2. The van der Waals surface area contributed by atoms with Crippen LogP contribution in [0.1, 0.15) is 22.3 Å². The molecule has 0 heterocycles. The minimum absolute atomic E-state index is 0.0502. The van der Waals surface area contributed by atoms with Gasteiger partial charge in [0, 0.05) is 17.8 Å². The Morgan fingerprint density at radius 2 is 1.82 bits per heavy atom. The Hall–Kier alpha value is -4.64. The second-order valence-corrected chi connectivity index (χ2v) is 7.54. The Bertz CT molecular complexity index is 1290. The molecule has 0 radical (unpaired) electrons. The minimum atomic E-state index is -0.495. The second kappa shape index (κ2) is 10.8. The molecule has 0 aliphatic heterocycles. The third-order valence-corrected chi connectivity index (χ3v) is 5.02. The number of nitrogens with one attached hydrogen (secondary N) is 1. The number of allylic oxidation sites excluding steroid dienone is 1. The summed E-state index contributed by atoms with van der Waals surface area (Å²) in [4.78, 5) is 22.7. The van der Waals surface area contributed by atoms with Crippen molar-refractivity contribution in [1.82, 2.24) is 0 Å². The maximum Gasteiger partial charge on any atom is 0.269 e. The number of nitro benzene ring substituents is 1. The molecular formula is C26H23N3O5. The number of methoxy groups -OCH3 is 1. The minimum Gasteiger partial charge on any atom is -0.493 e. The third-order valence-electron chi connectivity index (χ3n) is 5.02. The smallest absolute Gasteiger partial charge is 0.269 e. The number of carbonyl (C=O) groups is 1. The lowest BCUT2D eigenvalue weighted by Crippen LogP contribution is -2.20. The second-order valence-electron chi connectivity index (χ2n) is 7.54. The van der Waals surface area contributed by atoms with Crippen LogP contribution in [0.2, 0.25) is 0 Å². The van der Waals surface area contributed by atoms with E-state index in [1.165, 1.54) is 31.4 Å². The Balaban J connectivity index is 1.72. The molecule has 1 N–H and O–H groups in total. The van der Waals surface area contributed by atoms with Crippen LogP contribution in [0.5, 0.6) is 11.5 Å². The van der Waals surface area contributed by atoms with Gasteiger partial charge in [0.1, 0.15) is 0 Å². The van der Waals surface area contributed by atoms with Crippen LogP contribution in [-0.4, -0.2) is 24.5 Å². The molecule has 0 spiro atoms. The number of hydrogen-bond donors (Lipinski definition) is 1. The molecule has 3 aromatic carbocycles. The van der Waals surface area contributed by atoms with Gasteiger partial charge >= 0.3 is 0 Å². The molecule has 3 rings (SSSR count). The number of non-ortho nitro benzene ring substituents is 1. The van der Waals surface area contributed by atoms with Gasteiger partial charge in [-0.1, -0.05) is 23.8 Å². The molecule has 0 unspecified atom stereocenters. The number of hydrogen-bond acceptors (Lipinski definition) is 6. The first-order chi connectivity index (χ1) is 16.3. The summed E-state index contributed by atoms with van der Waals surface area (Å²) in [7, 11) is 1.48. The fourth-order valence-electron chi connectivity index (χ4n) is 3.29. The highest BCUT2D eigenvalue weighted by atomic mass is 16.6. The standard InChI is InChI=1S/C26H23N3O5/c1-17-4-10-23(18(2)12-17)28-26(30)16-34-24-11-5-19(14-25(24)33-3)13-21(15-27)20-6-8-22(9-7-20)29(31)32/h4-14H,16H2,1-3H3,(H,28,30)/b21-13+. The van der Waals surface area contributed by atoms with Crippen molar-refractivity contribution in [1.29, 1.82) is 5.26 Å². The number of ether oxygens (including phenoxy) is 2. The van der Waals surface area contributed by atoms with E-state index in [1.807, 2.05) is 32.0 Å². The van der Waals surface area contributed by atoms with Crippen LogP contribution in [0.4, 0.5) is 11.4 Å². The zero-order chi connectivity index (χ0) is 24.7. The van der Waals surface area contributed by atoms with Crippen LogP contribution in [0.15, 0.2) is 60.7 Å². The van der Waals surface area contributed by atoms with Gasteiger partial charge in [0.15, 0.2) is 18.1 Å². The van der Waals surface area contributed by atoms with Crippen molar-refractivity contribution in [2.24, 2.45) is 0 Å². The predicted octanol–water partition coefficient (Wildman–Crippen LogP) is 5.30. The summed E-state index contributed by atoms with van der Waals surface area (Å²) in [6, 6.07) is 18.7. The summed E-state index contributed by atoms with van der Waals surface area (Å²) < 4.78 is 11.0. The number of anilines is 1. The van der Waals surface area contributed by atoms with Gasteiger partial charge in [-0.05, 0) is 66.9 Å². The number of carbonyl (C=O) groups excluding carboxylic acids is 1. The highest BCUT2D eigenvalue weighted by Crippen LogP contribution is 2.30. The van der Waals surface area contributed by atoms with Crippen molar-refractivity contribution < 1.29 is 19.2 Å². The zero-order valence-electron chi connectivity index (χ0n) is 19.0. The van der Waals surface area contributed by atoms with Gasteiger partial charge in [0.05, 0.1) is 23.7 Å². The van der Waals surface area contributed by atoms with Gasteiger partial charge in [0.2, 0.25) is 0 Å². The van der Waals surface area contributed by atoms with Crippen LogP contribution in [0.3, 0.4) is 0 Å². The summed E-state index contributed by atoms with van der Waals surface area (Å²) >= 11 is 0. The van der Waals surface area contributed by atoms with Crippen molar-refractivity contribution in [3.63, 3.8) is 0 Å². The molecule has 0 saturated carbocycles. The number of nitrogens with zero attached hydrogens (tertiary/aromatic N) is 2. The first-order valence-electron chi connectivity index (χ1n) is 10.3. The molecule has 0 fully saturated rings. The van der Waals surface area contributed by atoms with E-state index in [-0.39, 0.29) is 18.2 Å². The maximum absolute atomic E-state index is 12.3. The molecular weight excluding hydrogens is 434 g/mol. The lowest BCUT2D eigenvalue weighted by atomic mass is 10.0. The molecule has 8 nitrogen and oxygen atoms in total. The van der Waals surface area contributed by atoms with Crippen LogP contribution in [0.25, 0.3) is 11.6 Å². The predicted molar refractivity (Wildman–Crippen MR) is 130 cm³/mol.